The summed E-state index contributed by atoms with van der Waals surface area (Å²) in [5, 5.41) is 11.4. The molecule has 1 aliphatic heterocycles. The van der Waals surface area contributed by atoms with Crippen molar-refractivity contribution < 1.29 is 28.3 Å². The van der Waals surface area contributed by atoms with Crippen LogP contribution < -0.4 is 10.2 Å². The zero-order chi connectivity index (χ0) is 21.4. The number of rotatable bonds is 3. The van der Waals surface area contributed by atoms with Crippen LogP contribution in [-0.4, -0.2) is 23.0 Å². The highest BCUT2D eigenvalue weighted by Gasteiger charge is 2.37. The first kappa shape index (κ1) is 19.4. The number of urea groups is 1. The van der Waals surface area contributed by atoms with Gasteiger partial charge in [0.1, 0.15) is 28.7 Å². The number of barbiturate groups is 1. The summed E-state index contributed by atoms with van der Waals surface area (Å²) in [6, 6.07) is 11.6. The lowest BCUT2D eigenvalue weighted by Gasteiger charge is -2.26. The Balaban J connectivity index is 1.67. The van der Waals surface area contributed by atoms with Crippen LogP contribution in [0.15, 0.2) is 64.6 Å². The van der Waals surface area contributed by atoms with E-state index in [1.165, 1.54) is 54.6 Å². The maximum absolute atomic E-state index is 13.3. The lowest BCUT2D eigenvalue weighted by Crippen LogP contribution is -2.54. The number of carbonyl (C=O) groups is 3. The Hall–Kier alpha value is -3.91. The molecule has 2 N–H and O–H groups in total. The third kappa shape index (κ3) is 3.56. The van der Waals surface area contributed by atoms with E-state index in [2.05, 4.69) is 5.32 Å². The molecule has 150 valence electrons. The molecule has 9 heteroatoms. The SMILES string of the molecule is O=C1NC(=O)N(c2ccc(O)cc2)C(=O)/C1=C\c1ccc(-c2ccc(F)c(Cl)c2)o1. The predicted octanol–water partition coefficient (Wildman–Crippen LogP) is 4.11. The zero-order valence-electron chi connectivity index (χ0n) is 15.1. The number of amides is 4. The van der Waals surface area contributed by atoms with E-state index in [1.807, 2.05) is 0 Å². The van der Waals surface area contributed by atoms with Crippen molar-refractivity contribution in [3.8, 4) is 17.1 Å². The Morgan fingerprint density at radius 2 is 1.77 bits per heavy atom. The van der Waals surface area contributed by atoms with Crippen molar-refractivity contribution in [3.05, 3.63) is 76.8 Å². The molecule has 0 spiro atoms. The number of benzene rings is 2. The summed E-state index contributed by atoms with van der Waals surface area (Å²) >= 11 is 5.78. The topological polar surface area (TPSA) is 99.9 Å². The van der Waals surface area contributed by atoms with Crippen LogP contribution in [-0.2, 0) is 9.59 Å². The minimum atomic E-state index is -0.908. The fourth-order valence-electron chi connectivity index (χ4n) is 2.87. The normalized spacial score (nSPS) is 15.6. The molecule has 0 unspecified atom stereocenters. The van der Waals surface area contributed by atoms with Gasteiger partial charge in [0.25, 0.3) is 11.8 Å². The Morgan fingerprint density at radius 3 is 2.47 bits per heavy atom. The van der Waals surface area contributed by atoms with Crippen molar-refractivity contribution >= 4 is 41.2 Å². The molecule has 1 aliphatic rings. The molecule has 1 aromatic heterocycles. The standard InChI is InChI=1S/C21H12ClFN2O5/c22-16-9-11(1-7-17(16)23)18-8-6-14(30-18)10-15-19(27)24-21(29)25(20(15)28)12-2-4-13(26)5-3-12/h1-10,26H,(H,24,27,29)/b15-10-. The van der Waals surface area contributed by atoms with Crippen molar-refractivity contribution in [2.45, 2.75) is 0 Å². The van der Waals surface area contributed by atoms with Crippen LogP contribution in [0.4, 0.5) is 14.9 Å². The van der Waals surface area contributed by atoms with Crippen LogP contribution in [0.2, 0.25) is 5.02 Å². The first-order chi connectivity index (χ1) is 14.3. The van der Waals surface area contributed by atoms with Crippen LogP contribution in [0.1, 0.15) is 5.76 Å². The van der Waals surface area contributed by atoms with Crippen molar-refractivity contribution in [1.82, 2.24) is 5.32 Å². The molecule has 1 fully saturated rings. The first-order valence-electron chi connectivity index (χ1n) is 8.59. The Labute approximate surface area is 174 Å². The molecule has 2 aromatic carbocycles. The van der Waals surface area contributed by atoms with E-state index in [4.69, 9.17) is 16.0 Å². The van der Waals surface area contributed by atoms with Gasteiger partial charge in [-0.2, -0.15) is 0 Å². The number of nitrogens with zero attached hydrogens (tertiary/aromatic N) is 1. The van der Waals surface area contributed by atoms with Crippen LogP contribution in [0, 0.1) is 5.82 Å². The maximum atomic E-state index is 13.3. The monoisotopic (exact) mass is 426 g/mol. The number of phenols is 1. The van der Waals surface area contributed by atoms with E-state index in [-0.39, 0.29) is 27.8 Å². The number of halogens is 2. The van der Waals surface area contributed by atoms with Crippen LogP contribution in [0.5, 0.6) is 5.75 Å². The van der Waals surface area contributed by atoms with Crippen molar-refractivity contribution in [2.24, 2.45) is 0 Å². The lowest BCUT2D eigenvalue weighted by molar-refractivity contribution is -0.122. The van der Waals surface area contributed by atoms with Gasteiger partial charge in [0, 0.05) is 5.56 Å². The average molecular weight is 427 g/mol. The smallest absolute Gasteiger partial charge is 0.335 e. The van der Waals surface area contributed by atoms with Crippen LogP contribution >= 0.6 is 11.6 Å². The first-order valence-corrected chi connectivity index (χ1v) is 8.97. The third-order valence-electron chi connectivity index (χ3n) is 4.33. The van der Waals surface area contributed by atoms with Gasteiger partial charge in [-0.05, 0) is 60.7 Å². The largest absolute Gasteiger partial charge is 0.508 e. The third-order valence-corrected chi connectivity index (χ3v) is 4.62. The molecule has 0 aliphatic carbocycles. The molecule has 3 aromatic rings. The lowest BCUT2D eigenvalue weighted by atomic mass is 10.1. The zero-order valence-corrected chi connectivity index (χ0v) is 15.8. The molecular formula is C21H12ClFN2O5. The number of hydrogen-bond acceptors (Lipinski definition) is 5. The molecule has 2 heterocycles. The van der Waals surface area contributed by atoms with Crippen molar-refractivity contribution in [1.29, 1.82) is 0 Å². The van der Waals surface area contributed by atoms with E-state index in [9.17, 15) is 23.9 Å². The molecule has 4 rings (SSSR count). The molecule has 0 bridgehead atoms. The van der Waals surface area contributed by atoms with Crippen LogP contribution in [0.25, 0.3) is 17.4 Å². The van der Waals surface area contributed by atoms with Gasteiger partial charge in [0.05, 0.1) is 10.7 Å². The summed E-state index contributed by atoms with van der Waals surface area (Å²) in [5.41, 5.74) is 0.363. The van der Waals surface area contributed by atoms with E-state index in [1.54, 1.807) is 6.07 Å². The average Bonchev–Trinajstić information content (AvgIpc) is 3.17. The second-order valence-electron chi connectivity index (χ2n) is 6.31. The van der Waals surface area contributed by atoms with Gasteiger partial charge in [-0.1, -0.05) is 11.6 Å². The minimum absolute atomic E-state index is 0.0422. The highest BCUT2D eigenvalue weighted by Crippen LogP contribution is 2.28. The second kappa shape index (κ2) is 7.49. The summed E-state index contributed by atoms with van der Waals surface area (Å²) < 4.78 is 19.0. The fourth-order valence-corrected chi connectivity index (χ4v) is 3.05. The number of imide groups is 2. The summed E-state index contributed by atoms with van der Waals surface area (Å²) in [5.74, 6) is -1.82. The Morgan fingerprint density at radius 1 is 1.03 bits per heavy atom. The quantitative estimate of drug-likeness (QED) is 0.485. The van der Waals surface area contributed by atoms with Gasteiger partial charge >= 0.3 is 6.03 Å². The number of carbonyl (C=O) groups excluding carboxylic acids is 3. The molecule has 7 nitrogen and oxygen atoms in total. The number of phenolic OH excluding ortho intramolecular Hbond substituents is 1. The van der Waals surface area contributed by atoms with Crippen molar-refractivity contribution in [3.63, 3.8) is 0 Å². The summed E-state index contributed by atoms with van der Waals surface area (Å²) in [6.45, 7) is 0. The van der Waals surface area contributed by atoms with E-state index in [0.29, 0.717) is 11.3 Å². The number of aromatic hydroxyl groups is 1. The fraction of sp³-hybridized carbons (Fsp3) is 0. The molecule has 0 radical (unpaired) electrons. The highest BCUT2D eigenvalue weighted by atomic mass is 35.5. The molecule has 0 saturated carbocycles. The molecular weight excluding hydrogens is 415 g/mol. The summed E-state index contributed by atoms with van der Waals surface area (Å²) in [4.78, 5) is 38.0. The van der Waals surface area contributed by atoms with Gasteiger partial charge in [-0.25, -0.2) is 14.1 Å². The van der Waals surface area contributed by atoms with Gasteiger partial charge < -0.3 is 9.52 Å². The second-order valence-corrected chi connectivity index (χ2v) is 6.71. The Kier molecular flexibility index (Phi) is 4.85. The summed E-state index contributed by atoms with van der Waals surface area (Å²) in [7, 11) is 0. The van der Waals surface area contributed by atoms with Crippen LogP contribution in [0.3, 0.4) is 0 Å². The van der Waals surface area contributed by atoms with Gasteiger partial charge in [-0.3, -0.25) is 14.9 Å². The van der Waals surface area contributed by atoms with Gasteiger partial charge in [0.15, 0.2) is 0 Å². The number of furan rings is 1. The number of hydrogen-bond donors (Lipinski definition) is 2. The van der Waals surface area contributed by atoms with E-state index >= 15 is 0 Å². The van der Waals surface area contributed by atoms with E-state index < -0.39 is 23.7 Å². The maximum Gasteiger partial charge on any atom is 0.335 e. The van der Waals surface area contributed by atoms with Gasteiger partial charge in [0.2, 0.25) is 0 Å². The Bertz CT molecular complexity index is 1220. The highest BCUT2D eigenvalue weighted by molar-refractivity contribution is 6.39. The molecule has 30 heavy (non-hydrogen) atoms. The predicted molar refractivity (Wildman–Crippen MR) is 106 cm³/mol. The molecule has 4 amide bonds. The van der Waals surface area contributed by atoms with E-state index in [0.717, 1.165) is 4.90 Å². The summed E-state index contributed by atoms with van der Waals surface area (Å²) in [6.07, 6.45) is 1.20. The van der Waals surface area contributed by atoms with Gasteiger partial charge in [-0.15, -0.1) is 0 Å². The molecule has 1 saturated heterocycles. The molecule has 0 atom stereocenters. The van der Waals surface area contributed by atoms with Crippen molar-refractivity contribution in [2.75, 3.05) is 4.90 Å². The minimum Gasteiger partial charge on any atom is -0.508 e. The number of nitrogens with one attached hydrogen (secondary N) is 1. The number of anilines is 1.